The van der Waals surface area contributed by atoms with Crippen LogP contribution in [0.3, 0.4) is 0 Å². The molecule has 0 spiro atoms. The first-order valence-electron chi connectivity index (χ1n) is 5.53. The number of hydrogen-bond acceptors (Lipinski definition) is 2. The van der Waals surface area contributed by atoms with E-state index in [0.29, 0.717) is 25.3 Å². The number of alkyl halides is 2. The summed E-state index contributed by atoms with van der Waals surface area (Å²) in [5.41, 5.74) is 0.329. The molecule has 0 atom stereocenters. The van der Waals surface area contributed by atoms with Crippen molar-refractivity contribution in [2.24, 2.45) is 0 Å². The molecular formula is C12H14F3NO. The zero-order valence-corrected chi connectivity index (χ0v) is 9.33. The second-order valence-electron chi connectivity index (χ2n) is 4.08. The second kappa shape index (κ2) is 5.51. The van der Waals surface area contributed by atoms with Crippen molar-refractivity contribution in [3.05, 3.63) is 35.1 Å². The van der Waals surface area contributed by atoms with Crippen molar-refractivity contribution in [2.75, 3.05) is 26.3 Å². The normalized spacial score (nSPS) is 17.6. The van der Waals surface area contributed by atoms with Crippen LogP contribution in [0.15, 0.2) is 18.2 Å². The van der Waals surface area contributed by atoms with Gasteiger partial charge in [0, 0.05) is 25.2 Å². The van der Waals surface area contributed by atoms with E-state index in [0.717, 1.165) is 19.2 Å². The lowest BCUT2D eigenvalue weighted by Gasteiger charge is -2.26. The molecule has 0 bridgehead atoms. The van der Waals surface area contributed by atoms with Crippen molar-refractivity contribution < 1.29 is 17.9 Å². The molecule has 0 N–H and O–H groups in total. The Morgan fingerprint density at radius 1 is 1.18 bits per heavy atom. The highest BCUT2D eigenvalue weighted by atomic mass is 19.3. The van der Waals surface area contributed by atoms with Gasteiger partial charge in [-0.25, -0.2) is 13.2 Å². The summed E-state index contributed by atoms with van der Waals surface area (Å²) in [5.74, 6) is -0.606. The number of benzene rings is 1. The van der Waals surface area contributed by atoms with E-state index >= 15 is 0 Å². The van der Waals surface area contributed by atoms with Crippen LogP contribution in [0.25, 0.3) is 0 Å². The zero-order valence-electron chi connectivity index (χ0n) is 9.33. The standard InChI is InChI=1S/C12H14F3NO/c13-11-6-9(5-10(7-11)12(14)15)8-16-1-3-17-4-2-16/h5-7,12H,1-4,8H2. The van der Waals surface area contributed by atoms with Crippen molar-refractivity contribution in [2.45, 2.75) is 13.0 Å². The Balaban J connectivity index is 2.09. The molecule has 1 aromatic rings. The van der Waals surface area contributed by atoms with Gasteiger partial charge in [-0.15, -0.1) is 0 Å². The molecule has 0 unspecified atom stereocenters. The molecule has 0 aliphatic carbocycles. The maximum Gasteiger partial charge on any atom is 0.263 e. The summed E-state index contributed by atoms with van der Waals surface area (Å²) < 4.78 is 43.4. The highest BCUT2D eigenvalue weighted by Gasteiger charge is 2.14. The number of nitrogens with zero attached hydrogens (tertiary/aromatic N) is 1. The molecule has 1 aliphatic rings. The van der Waals surface area contributed by atoms with Gasteiger partial charge in [-0.2, -0.15) is 0 Å². The van der Waals surface area contributed by atoms with E-state index in [2.05, 4.69) is 4.90 Å². The molecule has 94 valence electrons. The van der Waals surface area contributed by atoms with E-state index < -0.39 is 12.2 Å². The molecule has 5 heteroatoms. The van der Waals surface area contributed by atoms with Gasteiger partial charge in [0.1, 0.15) is 5.82 Å². The Labute approximate surface area is 98.0 Å². The summed E-state index contributed by atoms with van der Waals surface area (Å²) in [7, 11) is 0. The van der Waals surface area contributed by atoms with Gasteiger partial charge in [0.05, 0.1) is 13.2 Å². The van der Waals surface area contributed by atoms with Crippen molar-refractivity contribution in [1.82, 2.24) is 4.90 Å². The molecule has 17 heavy (non-hydrogen) atoms. The van der Waals surface area contributed by atoms with Crippen molar-refractivity contribution in [3.8, 4) is 0 Å². The molecule has 0 amide bonds. The average Bonchev–Trinajstić information content (AvgIpc) is 2.29. The Morgan fingerprint density at radius 3 is 2.53 bits per heavy atom. The number of ether oxygens (including phenoxy) is 1. The first-order valence-corrected chi connectivity index (χ1v) is 5.53. The van der Waals surface area contributed by atoms with Gasteiger partial charge in [0.2, 0.25) is 0 Å². The summed E-state index contributed by atoms with van der Waals surface area (Å²) in [6.07, 6.45) is -2.63. The van der Waals surface area contributed by atoms with Gasteiger partial charge < -0.3 is 4.74 Å². The maximum absolute atomic E-state index is 13.2. The summed E-state index contributed by atoms with van der Waals surface area (Å²) in [5, 5.41) is 0. The Kier molecular flexibility index (Phi) is 4.02. The molecule has 1 aromatic carbocycles. The number of hydrogen-bond donors (Lipinski definition) is 0. The first-order chi connectivity index (χ1) is 8.15. The van der Waals surface area contributed by atoms with Crippen LogP contribution < -0.4 is 0 Å². The molecule has 0 radical (unpaired) electrons. The van der Waals surface area contributed by atoms with E-state index in [9.17, 15) is 13.2 Å². The maximum atomic E-state index is 13.2. The van der Waals surface area contributed by atoms with Gasteiger partial charge in [-0.3, -0.25) is 4.90 Å². The van der Waals surface area contributed by atoms with Crippen LogP contribution in [0.2, 0.25) is 0 Å². The van der Waals surface area contributed by atoms with Crippen LogP contribution in [-0.4, -0.2) is 31.2 Å². The lowest BCUT2D eigenvalue weighted by Crippen LogP contribution is -2.35. The predicted octanol–water partition coefficient (Wildman–Crippen LogP) is 2.60. The summed E-state index contributed by atoms with van der Waals surface area (Å²) in [6.45, 7) is 3.26. The van der Waals surface area contributed by atoms with Crippen molar-refractivity contribution in [1.29, 1.82) is 0 Å². The lowest BCUT2D eigenvalue weighted by atomic mass is 10.1. The minimum Gasteiger partial charge on any atom is -0.379 e. The fourth-order valence-corrected chi connectivity index (χ4v) is 1.91. The summed E-state index contributed by atoms with van der Waals surface area (Å²) >= 11 is 0. The largest absolute Gasteiger partial charge is 0.379 e. The number of rotatable bonds is 3. The minimum absolute atomic E-state index is 0.256. The lowest BCUT2D eigenvalue weighted by molar-refractivity contribution is 0.0341. The van der Waals surface area contributed by atoms with Crippen LogP contribution in [0.4, 0.5) is 13.2 Å². The first kappa shape index (κ1) is 12.4. The van der Waals surface area contributed by atoms with Crippen LogP contribution in [0, 0.1) is 5.82 Å². The molecule has 2 nitrogen and oxygen atoms in total. The Morgan fingerprint density at radius 2 is 1.88 bits per heavy atom. The summed E-state index contributed by atoms with van der Waals surface area (Å²) in [6, 6.07) is 3.55. The van der Waals surface area contributed by atoms with E-state index in [1.807, 2.05) is 0 Å². The molecular weight excluding hydrogens is 231 g/mol. The predicted molar refractivity (Wildman–Crippen MR) is 57.5 cm³/mol. The third-order valence-electron chi connectivity index (χ3n) is 2.74. The van der Waals surface area contributed by atoms with Crippen LogP contribution >= 0.6 is 0 Å². The fourth-order valence-electron chi connectivity index (χ4n) is 1.91. The average molecular weight is 245 g/mol. The molecule has 1 saturated heterocycles. The van der Waals surface area contributed by atoms with Crippen molar-refractivity contribution in [3.63, 3.8) is 0 Å². The van der Waals surface area contributed by atoms with Gasteiger partial charge in [-0.1, -0.05) is 0 Å². The van der Waals surface area contributed by atoms with Gasteiger partial charge >= 0.3 is 0 Å². The van der Waals surface area contributed by atoms with E-state index in [4.69, 9.17) is 4.74 Å². The monoisotopic (exact) mass is 245 g/mol. The van der Waals surface area contributed by atoms with Gasteiger partial charge in [0.25, 0.3) is 6.43 Å². The molecule has 1 aliphatic heterocycles. The Bertz CT molecular complexity index is 378. The topological polar surface area (TPSA) is 12.5 Å². The van der Waals surface area contributed by atoms with E-state index in [1.54, 1.807) is 0 Å². The van der Waals surface area contributed by atoms with Crippen LogP contribution in [0.1, 0.15) is 17.6 Å². The van der Waals surface area contributed by atoms with Gasteiger partial charge in [-0.05, 0) is 23.8 Å². The fraction of sp³-hybridized carbons (Fsp3) is 0.500. The molecule has 0 saturated carbocycles. The third kappa shape index (κ3) is 3.44. The van der Waals surface area contributed by atoms with Crippen molar-refractivity contribution >= 4 is 0 Å². The Hall–Kier alpha value is -1.07. The quantitative estimate of drug-likeness (QED) is 0.811. The minimum atomic E-state index is -2.63. The second-order valence-corrected chi connectivity index (χ2v) is 4.08. The van der Waals surface area contributed by atoms with Crippen LogP contribution in [0.5, 0.6) is 0 Å². The third-order valence-corrected chi connectivity index (χ3v) is 2.74. The highest BCUT2D eigenvalue weighted by molar-refractivity contribution is 5.25. The molecule has 0 aromatic heterocycles. The molecule has 1 heterocycles. The highest BCUT2D eigenvalue weighted by Crippen LogP contribution is 2.22. The number of halogens is 3. The van der Waals surface area contributed by atoms with E-state index in [-0.39, 0.29) is 5.56 Å². The number of morpholine rings is 1. The van der Waals surface area contributed by atoms with E-state index in [1.165, 1.54) is 12.1 Å². The smallest absolute Gasteiger partial charge is 0.263 e. The molecule has 2 rings (SSSR count). The molecule has 1 fully saturated rings. The summed E-state index contributed by atoms with van der Waals surface area (Å²) in [4.78, 5) is 2.06. The zero-order chi connectivity index (χ0) is 12.3. The van der Waals surface area contributed by atoms with Crippen LogP contribution in [-0.2, 0) is 11.3 Å². The van der Waals surface area contributed by atoms with Gasteiger partial charge in [0.15, 0.2) is 0 Å². The SMILES string of the molecule is Fc1cc(CN2CCOCC2)cc(C(F)F)c1.